The second-order valence-corrected chi connectivity index (χ2v) is 8.79. The fourth-order valence-corrected chi connectivity index (χ4v) is 3.90. The predicted octanol–water partition coefficient (Wildman–Crippen LogP) is 4.87. The Morgan fingerprint density at radius 1 is 0.967 bits per heavy atom. The molecule has 2 rings (SSSR count). The molecule has 2 aromatic rings. The average Bonchev–Trinajstić information content (AvgIpc) is 2.74. The summed E-state index contributed by atoms with van der Waals surface area (Å²) in [6, 6.07) is 16.0. The first-order chi connectivity index (χ1) is 14.4. The molecule has 0 bridgehead atoms. The van der Waals surface area contributed by atoms with Crippen molar-refractivity contribution >= 4 is 23.6 Å². The zero-order chi connectivity index (χ0) is 21.9. The molecule has 1 N–H and O–H groups in total. The molecule has 4 nitrogen and oxygen atoms in total. The van der Waals surface area contributed by atoms with Gasteiger partial charge in [-0.15, -0.1) is 11.8 Å². The molecule has 0 unspecified atom stereocenters. The molecule has 162 valence electrons. The summed E-state index contributed by atoms with van der Waals surface area (Å²) < 4.78 is 0. The van der Waals surface area contributed by atoms with Gasteiger partial charge in [0, 0.05) is 18.8 Å². The Morgan fingerprint density at radius 3 is 2.10 bits per heavy atom. The molecule has 2 aromatic carbocycles. The van der Waals surface area contributed by atoms with Crippen LogP contribution in [0.3, 0.4) is 0 Å². The molecule has 30 heavy (non-hydrogen) atoms. The quantitative estimate of drug-likeness (QED) is 0.522. The van der Waals surface area contributed by atoms with Crippen LogP contribution in [0, 0.1) is 13.8 Å². The Morgan fingerprint density at radius 2 is 1.53 bits per heavy atom. The number of unbranched alkanes of at least 4 members (excludes halogenated alkanes) is 1. The first-order valence-electron chi connectivity index (χ1n) is 10.7. The molecule has 0 aliphatic heterocycles. The van der Waals surface area contributed by atoms with Crippen molar-refractivity contribution in [2.45, 2.75) is 58.9 Å². The van der Waals surface area contributed by atoms with Crippen molar-refractivity contribution < 1.29 is 9.59 Å². The minimum Gasteiger partial charge on any atom is -0.354 e. The Balaban J connectivity index is 2.02. The molecule has 0 aromatic heterocycles. The first kappa shape index (κ1) is 24.0. The number of carbonyl (C=O) groups is 2. The van der Waals surface area contributed by atoms with E-state index in [-0.39, 0.29) is 11.8 Å². The van der Waals surface area contributed by atoms with E-state index in [1.54, 1.807) is 16.7 Å². The lowest BCUT2D eigenvalue weighted by molar-refractivity contribution is -0.138. The van der Waals surface area contributed by atoms with Gasteiger partial charge in [0.25, 0.3) is 0 Å². The van der Waals surface area contributed by atoms with Crippen molar-refractivity contribution in [2.75, 3.05) is 12.3 Å². The van der Waals surface area contributed by atoms with E-state index in [0.29, 0.717) is 18.8 Å². The van der Waals surface area contributed by atoms with Crippen LogP contribution >= 0.6 is 11.8 Å². The Kier molecular flexibility index (Phi) is 9.95. The van der Waals surface area contributed by atoms with E-state index in [4.69, 9.17) is 0 Å². The second kappa shape index (κ2) is 12.4. The standard InChI is InChI=1S/C25H34N2O2S/c1-5-6-15-26-25(29)21(4)27(16-22-11-7-19(2)8-12-22)24(28)18-30-17-23-13-9-20(3)10-14-23/h7-14,21H,5-6,15-18H2,1-4H3,(H,26,29)/t21-/m1/s1. The molecule has 1 atom stereocenters. The van der Waals surface area contributed by atoms with Crippen LogP contribution in [-0.2, 0) is 21.9 Å². The molecular formula is C25H34N2O2S. The molecule has 0 saturated heterocycles. The van der Waals surface area contributed by atoms with Crippen LogP contribution in [0.5, 0.6) is 0 Å². The molecule has 0 fully saturated rings. The Bertz CT molecular complexity index is 803. The number of thioether (sulfide) groups is 1. The lowest BCUT2D eigenvalue weighted by Gasteiger charge is -2.29. The third-order valence-electron chi connectivity index (χ3n) is 5.09. The predicted molar refractivity (Wildman–Crippen MR) is 126 cm³/mol. The van der Waals surface area contributed by atoms with E-state index in [1.807, 2.05) is 38.1 Å². The summed E-state index contributed by atoms with van der Waals surface area (Å²) >= 11 is 1.59. The van der Waals surface area contributed by atoms with Gasteiger partial charge >= 0.3 is 0 Å². The molecule has 0 saturated carbocycles. The zero-order valence-corrected chi connectivity index (χ0v) is 19.4. The zero-order valence-electron chi connectivity index (χ0n) is 18.6. The normalized spacial score (nSPS) is 11.7. The van der Waals surface area contributed by atoms with Gasteiger partial charge in [-0.25, -0.2) is 0 Å². The summed E-state index contributed by atoms with van der Waals surface area (Å²) in [6.07, 6.45) is 1.97. The van der Waals surface area contributed by atoms with Crippen LogP contribution < -0.4 is 5.32 Å². The van der Waals surface area contributed by atoms with Gasteiger partial charge in [0.2, 0.25) is 11.8 Å². The summed E-state index contributed by atoms with van der Waals surface area (Å²) in [6.45, 7) is 9.10. The van der Waals surface area contributed by atoms with Gasteiger partial charge in [-0.05, 0) is 38.3 Å². The number of benzene rings is 2. The van der Waals surface area contributed by atoms with Gasteiger partial charge in [0.15, 0.2) is 0 Å². The highest BCUT2D eigenvalue weighted by Crippen LogP contribution is 2.17. The maximum Gasteiger partial charge on any atom is 0.242 e. The number of aryl methyl sites for hydroxylation is 2. The van der Waals surface area contributed by atoms with E-state index >= 15 is 0 Å². The van der Waals surface area contributed by atoms with Gasteiger partial charge in [-0.3, -0.25) is 9.59 Å². The molecule has 0 aliphatic rings. The molecule has 0 spiro atoms. The SMILES string of the molecule is CCCCNC(=O)[C@@H](C)N(Cc1ccc(C)cc1)C(=O)CSCc1ccc(C)cc1. The number of nitrogens with zero attached hydrogens (tertiary/aromatic N) is 1. The van der Waals surface area contributed by atoms with Gasteiger partial charge in [0.05, 0.1) is 5.75 Å². The van der Waals surface area contributed by atoms with Gasteiger partial charge in [-0.2, -0.15) is 0 Å². The summed E-state index contributed by atoms with van der Waals surface area (Å²) in [7, 11) is 0. The van der Waals surface area contributed by atoms with Gasteiger partial charge < -0.3 is 10.2 Å². The largest absolute Gasteiger partial charge is 0.354 e. The topological polar surface area (TPSA) is 49.4 Å². The van der Waals surface area contributed by atoms with Crippen LogP contribution in [-0.4, -0.2) is 35.1 Å². The summed E-state index contributed by atoms with van der Waals surface area (Å²) in [4.78, 5) is 27.4. The number of amides is 2. The van der Waals surface area contributed by atoms with Crippen LogP contribution in [0.1, 0.15) is 48.9 Å². The van der Waals surface area contributed by atoms with Crippen LogP contribution in [0.25, 0.3) is 0 Å². The fraction of sp³-hybridized carbons (Fsp3) is 0.440. The molecule has 0 heterocycles. The number of hydrogen-bond donors (Lipinski definition) is 1. The Hall–Kier alpha value is -2.27. The first-order valence-corrected chi connectivity index (χ1v) is 11.8. The number of rotatable bonds is 11. The highest BCUT2D eigenvalue weighted by atomic mass is 32.2. The summed E-state index contributed by atoms with van der Waals surface area (Å²) in [5.41, 5.74) is 4.64. The van der Waals surface area contributed by atoms with E-state index < -0.39 is 6.04 Å². The minimum atomic E-state index is -0.504. The van der Waals surface area contributed by atoms with Gasteiger partial charge in [-0.1, -0.05) is 73.0 Å². The maximum atomic E-state index is 13.1. The minimum absolute atomic E-state index is 0.00849. The lowest BCUT2D eigenvalue weighted by atomic mass is 10.1. The summed E-state index contributed by atoms with van der Waals surface area (Å²) in [5, 5.41) is 2.96. The number of carbonyl (C=O) groups excluding carboxylic acids is 2. The lowest BCUT2D eigenvalue weighted by Crippen LogP contribution is -2.48. The van der Waals surface area contributed by atoms with Gasteiger partial charge in [0.1, 0.15) is 6.04 Å². The fourth-order valence-electron chi connectivity index (χ4n) is 3.03. The van der Waals surface area contributed by atoms with E-state index in [9.17, 15) is 9.59 Å². The smallest absolute Gasteiger partial charge is 0.242 e. The Labute approximate surface area is 185 Å². The van der Waals surface area contributed by atoms with Crippen molar-refractivity contribution in [1.29, 1.82) is 0 Å². The van der Waals surface area contributed by atoms with Crippen molar-refractivity contribution in [3.63, 3.8) is 0 Å². The average molecular weight is 427 g/mol. The number of hydrogen-bond acceptors (Lipinski definition) is 3. The molecular weight excluding hydrogens is 392 g/mol. The van der Waals surface area contributed by atoms with Crippen molar-refractivity contribution in [3.05, 3.63) is 70.8 Å². The second-order valence-electron chi connectivity index (χ2n) is 7.81. The number of nitrogens with one attached hydrogen (secondary N) is 1. The molecule has 0 radical (unpaired) electrons. The maximum absolute atomic E-state index is 13.1. The van der Waals surface area contributed by atoms with Crippen LogP contribution in [0.15, 0.2) is 48.5 Å². The third-order valence-corrected chi connectivity index (χ3v) is 6.07. The van der Waals surface area contributed by atoms with Crippen molar-refractivity contribution in [1.82, 2.24) is 10.2 Å². The van der Waals surface area contributed by atoms with E-state index in [1.165, 1.54) is 16.7 Å². The van der Waals surface area contributed by atoms with Crippen molar-refractivity contribution in [3.8, 4) is 0 Å². The molecule has 2 amide bonds. The third kappa shape index (κ3) is 7.86. The van der Waals surface area contributed by atoms with Crippen LogP contribution in [0.2, 0.25) is 0 Å². The highest BCUT2D eigenvalue weighted by Gasteiger charge is 2.25. The van der Waals surface area contributed by atoms with Crippen molar-refractivity contribution in [2.24, 2.45) is 0 Å². The van der Waals surface area contributed by atoms with E-state index in [0.717, 1.165) is 24.2 Å². The molecule has 5 heteroatoms. The van der Waals surface area contributed by atoms with E-state index in [2.05, 4.69) is 43.4 Å². The molecule has 0 aliphatic carbocycles. The monoisotopic (exact) mass is 426 g/mol. The van der Waals surface area contributed by atoms with Crippen LogP contribution in [0.4, 0.5) is 0 Å². The highest BCUT2D eigenvalue weighted by molar-refractivity contribution is 7.99. The summed E-state index contributed by atoms with van der Waals surface area (Å²) in [5.74, 6) is 1.03.